The maximum atomic E-state index is 12.3. The number of hydrogen-bond acceptors (Lipinski definition) is 4. The molecule has 0 radical (unpaired) electrons. The summed E-state index contributed by atoms with van der Waals surface area (Å²) in [7, 11) is 0. The van der Waals surface area contributed by atoms with Crippen molar-refractivity contribution in [2.24, 2.45) is 11.8 Å². The lowest BCUT2D eigenvalue weighted by molar-refractivity contribution is -0.150. The van der Waals surface area contributed by atoms with Crippen molar-refractivity contribution in [3.63, 3.8) is 0 Å². The number of alkyl halides is 3. The van der Waals surface area contributed by atoms with Crippen LogP contribution in [0.15, 0.2) is 0 Å². The molecule has 1 heterocycles. The lowest BCUT2D eigenvalue weighted by Gasteiger charge is -2.32. The number of carbonyl (C=O) groups is 2. The molecular weight excluding hydrogens is 325 g/mol. The van der Waals surface area contributed by atoms with E-state index in [1.165, 1.54) is 4.90 Å². The highest BCUT2D eigenvalue weighted by molar-refractivity contribution is 5.80. The quantitative estimate of drug-likeness (QED) is 0.715. The summed E-state index contributed by atoms with van der Waals surface area (Å²) in [6.45, 7) is 0.395. The number of carbonyl (C=O) groups excluding carboxylic acids is 2. The van der Waals surface area contributed by atoms with Crippen LogP contribution in [0.4, 0.5) is 13.2 Å². The third-order valence-electron chi connectivity index (χ3n) is 4.69. The monoisotopic (exact) mass is 350 g/mol. The minimum absolute atomic E-state index is 0.00564. The molecule has 5 nitrogen and oxygen atoms in total. The van der Waals surface area contributed by atoms with Crippen molar-refractivity contribution in [3.05, 3.63) is 0 Å². The van der Waals surface area contributed by atoms with Gasteiger partial charge in [-0.05, 0) is 44.7 Å². The Morgan fingerprint density at radius 3 is 2.33 bits per heavy atom. The Hall–Kier alpha value is -1.31. The van der Waals surface area contributed by atoms with E-state index in [-0.39, 0.29) is 43.3 Å². The van der Waals surface area contributed by atoms with Gasteiger partial charge in [-0.1, -0.05) is 6.42 Å². The minimum atomic E-state index is -4.16. The number of esters is 1. The molecule has 0 spiro atoms. The van der Waals surface area contributed by atoms with Crippen LogP contribution in [0.25, 0.3) is 0 Å². The summed E-state index contributed by atoms with van der Waals surface area (Å²) in [6.07, 6.45) is 0.0900. The maximum absolute atomic E-state index is 12.3. The summed E-state index contributed by atoms with van der Waals surface area (Å²) < 4.78 is 42.1. The molecule has 138 valence electrons. The largest absolute Gasteiger partial charge is 0.465 e. The highest BCUT2D eigenvalue weighted by Crippen LogP contribution is 2.26. The molecule has 1 amide bonds. The first-order valence-electron chi connectivity index (χ1n) is 8.56. The number of rotatable bonds is 7. The number of hydrogen-bond donors (Lipinski definition) is 1. The Labute approximate surface area is 139 Å². The second-order valence-electron chi connectivity index (χ2n) is 6.69. The summed E-state index contributed by atoms with van der Waals surface area (Å²) in [5.74, 6) is -0.154. The van der Waals surface area contributed by atoms with E-state index in [1.807, 2.05) is 0 Å². The first-order chi connectivity index (χ1) is 11.3. The zero-order valence-corrected chi connectivity index (χ0v) is 13.7. The van der Waals surface area contributed by atoms with Crippen LogP contribution in [0.5, 0.6) is 0 Å². The molecule has 2 fully saturated rings. The Balaban J connectivity index is 1.52. The standard InChI is InChI=1S/C16H25F3N2O3/c17-16(18,19)11-21-8-5-12(6-9-21)10-24-14(22)4-7-20-15(23)13-2-1-3-13/h12-13H,1-11H2,(H,20,23). The van der Waals surface area contributed by atoms with Crippen molar-refractivity contribution in [2.45, 2.75) is 44.7 Å². The van der Waals surface area contributed by atoms with Crippen molar-refractivity contribution < 1.29 is 27.5 Å². The maximum Gasteiger partial charge on any atom is 0.401 e. The summed E-state index contributed by atoms with van der Waals surface area (Å²) >= 11 is 0. The van der Waals surface area contributed by atoms with Gasteiger partial charge >= 0.3 is 12.1 Å². The van der Waals surface area contributed by atoms with Crippen molar-refractivity contribution in [1.82, 2.24) is 10.2 Å². The van der Waals surface area contributed by atoms with Crippen LogP contribution < -0.4 is 5.32 Å². The fourth-order valence-electron chi connectivity index (χ4n) is 2.95. The van der Waals surface area contributed by atoms with E-state index in [9.17, 15) is 22.8 Å². The number of halogens is 3. The van der Waals surface area contributed by atoms with Gasteiger partial charge in [0.1, 0.15) is 0 Å². The zero-order chi connectivity index (χ0) is 17.6. The molecule has 0 unspecified atom stereocenters. The molecule has 0 aromatic carbocycles. The fraction of sp³-hybridized carbons (Fsp3) is 0.875. The molecule has 0 bridgehead atoms. The number of likely N-dealkylation sites (tertiary alicyclic amines) is 1. The van der Waals surface area contributed by atoms with E-state index in [4.69, 9.17) is 4.74 Å². The predicted octanol–water partition coefficient (Wildman–Crippen LogP) is 2.11. The molecule has 1 saturated heterocycles. The number of ether oxygens (including phenoxy) is 1. The highest BCUT2D eigenvalue weighted by Gasteiger charge is 2.32. The smallest absolute Gasteiger partial charge is 0.401 e. The summed E-state index contributed by atoms with van der Waals surface area (Å²) in [5, 5.41) is 2.73. The van der Waals surface area contributed by atoms with Crippen LogP contribution in [0.3, 0.4) is 0 Å². The van der Waals surface area contributed by atoms with Crippen molar-refractivity contribution in [2.75, 3.05) is 32.8 Å². The predicted molar refractivity (Wildman–Crippen MR) is 81.1 cm³/mol. The van der Waals surface area contributed by atoms with Gasteiger partial charge in [-0.25, -0.2) is 0 Å². The van der Waals surface area contributed by atoms with Crippen LogP contribution in [0, 0.1) is 11.8 Å². The Morgan fingerprint density at radius 1 is 1.12 bits per heavy atom. The van der Waals surface area contributed by atoms with Gasteiger partial charge in [-0.3, -0.25) is 14.5 Å². The number of nitrogens with zero attached hydrogens (tertiary/aromatic N) is 1. The topological polar surface area (TPSA) is 58.6 Å². The van der Waals surface area contributed by atoms with Crippen molar-refractivity contribution in [3.8, 4) is 0 Å². The second kappa shape index (κ2) is 8.69. The first kappa shape index (κ1) is 19.0. The SMILES string of the molecule is O=C(CCNC(=O)C1CCC1)OCC1CCN(CC(F)(F)F)CC1. The molecule has 0 aromatic heterocycles. The third kappa shape index (κ3) is 6.67. The van der Waals surface area contributed by atoms with Gasteiger partial charge in [0.15, 0.2) is 0 Å². The van der Waals surface area contributed by atoms with Gasteiger partial charge in [0.2, 0.25) is 5.91 Å². The van der Waals surface area contributed by atoms with Gasteiger partial charge in [0, 0.05) is 12.5 Å². The van der Waals surface area contributed by atoms with Crippen LogP contribution in [-0.2, 0) is 14.3 Å². The zero-order valence-electron chi connectivity index (χ0n) is 13.7. The van der Waals surface area contributed by atoms with Gasteiger partial charge in [-0.2, -0.15) is 13.2 Å². The van der Waals surface area contributed by atoms with Crippen molar-refractivity contribution >= 4 is 11.9 Å². The Morgan fingerprint density at radius 2 is 1.79 bits per heavy atom. The molecule has 2 aliphatic rings. The highest BCUT2D eigenvalue weighted by atomic mass is 19.4. The van der Waals surface area contributed by atoms with Gasteiger partial charge in [-0.15, -0.1) is 0 Å². The average molecular weight is 350 g/mol. The second-order valence-corrected chi connectivity index (χ2v) is 6.69. The summed E-state index contributed by atoms with van der Waals surface area (Å²) in [5.41, 5.74) is 0. The van der Waals surface area contributed by atoms with Gasteiger partial charge < -0.3 is 10.1 Å². The van der Waals surface area contributed by atoms with Crippen LogP contribution in [-0.4, -0.2) is 55.7 Å². The van der Waals surface area contributed by atoms with E-state index in [1.54, 1.807) is 0 Å². The van der Waals surface area contributed by atoms with E-state index >= 15 is 0 Å². The van der Waals surface area contributed by atoms with Gasteiger partial charge in [0.25, 0.3) is 0 Å². The molecule has 0 atom stereocenters. The first-order valence-corrected chi connectivity index (χ1v) is 8.56. The number of amides is 1. The molecule has 1 aliphatic carbocycles. The molecule has 1 saturated carbocycles. The lowest BCUT2D eigenvalue weighted by Crippen LogP contribution is -2.41. The normalized spacial score (nSPS) is 20.5. The lowest BCUT2D eigenvalue weighted by atomic mass is 9.85. The molecule has 1 N–H and O–H groups in total. The van der Waals surface area contributed by atoms with Crippen molar-refractivity contribution in [1.29, 1.82) is 0 Å². The van der Waals surface area contributed by atoms with E-state index in [0.29, 0.717) is 25.9 Å². The molecular formula is C16H25F3N2O3. The van der Waals surface area contributed by atoms with E-state index in [0.717, 1.165) is 19.3 Å². The van der Waals surface area contributed by atoms with Crippen LogP contribution in [0.1, 0.15) is 38.5 Å². The Bertz CT molecular complexity index is 431. The molecule has 1 aliphatic heterocycles. The Kier molecular flexibility index (Phi) is 6.89. The van der Waals surface area contributed by atoms with E-state index in [2.05, 4.69) is 5.32 Å². The van der Waals surface area contributed by atoms with E-state index < -0.39 is 12.7 Å². The molecule has 0 aromatic rings. The fourth-order valence-corrected chi connectivity index (χ4v) is 2.95. The summed E-state index contributed by atoms with van der Waals surface area (Å²) in [6, 6.07) is 0. The molecule has 2 rings (SSSR count). The number of nitrogens with one attached hydrogen (secondary N) is 1. The van der Waals surface area contributed by atoms with Crippen LogP contribution in [0.2, 0.25) is 0 Å². The molecule has 8 heteroatoms. The minimum Gasteiger partial charge on any atom is -0.465 e. The molecule has 24 heavy (non-hydrogen) atoms. The van der Waals surface area contributed by atoms with Crippen LogP contribution >= 0.6 is 0 Å². The third-order valence-corrected chi connectivity index (χ3v) is 4.69. The summed E-state index contributed by atoms with van der Waals surface area (Å²) in [4.78, 5) is 24.6. The van der Waals surface area contributed by atoms with Gasteiger partial charge in [0.05, 0.1) is 19.6 Å². The average Bonchev–Trinajstić information content (AvgIpc) is 2.43. The number of piperidine rings is 1.